The molecule has 98 valence electrons. The van der Waals surface area contributed by atoms with Crippen molar-refractivity contribution in [1.82, 2.24) is 10.2 Å². The number of halogens is 2. The molecule has 1 aromatic rings. The number of urea groups is 1. The Bertz CT molecular complexity index is 455. The van der Waals surface area contributed by atoms with E-state index in [0.29, 0.717) is 29.8 Å². The second kappa shape index (κ2) is 5.91. The molecule has 1 aromatic carbocycles. The van der Waals surface area contributed by atoms with E-state index in [1.165, 1.54) is 0 Å². The molecule has 2 rings (SSSR count). The van der Waals surface area contributed by atoms with Gasteiger partial charge < -0.3 is 15.5 Å². The molecule has 18 heavy (non-hydrogen) atoms. The lowest BCUT2D eigenvalue weighted by atomic mass is 10.2. The molecule has 2 N–H and O–H groups in total. The highest BCUT2D eigenvalue weighted by Gasteiger charge is 2.20. The SMILES string of the molecule is C[C@@H]1CN(C(=O)Nc2ccc(Br)cc2Cl)CCN1. The first-order valence-electron chi connectivity index (χ1n) is 5.80. The first-order chi connectivity index (χ1) is 8.56. The summed E-state index contributed by atoms with van der Waals surface area (Å²) in [6, 6.07) is 5.62. The summed E-state index contributed by atoms with van der Waals surface area (Å²) in [6.45, 7) is 4.30. The predicted octanol–water partition coefficient (Wildman–Crippen LogP) is 2.93. The normalized spacial score (nSPS) is 19.7. The van der Waals surface area contributed by atoms with E-state index in [-0.39, 0.29) is 6.03 Å². The average molecular weight is 333 g/mol. The summed E-state index contributed by atoms with van der Waals surface area (Å²) in [5.74, 6) is 0. The maximum Gasteiger partial charge on any atom is 0.321 e. The number of nitrogens with zero attached hydrogens (tertiary/aromatic N) is 1. The van der Waals surface area contributed by atoms with Crippen LogP contribution in [0.4, 0.5) is 10.5 Å². The van der Waals surface area contributed by atoms with Gasteiger partial charge in [0, 0.05) is 30.1 Å². The van der Waals surface area contributed by atoms with Crippen LogP contribution in [0.1, 0.15) is 6.92 Å². The third-order valence-corrected chi connectivity index (χ3v) is 3.63. The van der Waals surface area contributed by atoms with Crippen LogP contribution >= 0.6 is 27.5 Å². The fraction of sp³-hybridized carbons (Fsp3) is 0.417. The van der Waals surface area contributed by atoms with Gasteiger partial charge in [0.2, 0.25) is 0 Å². The van der Waals surface area contributed by atoms with Gasteiger partial charge >= 0.3 is 6.03 Å². The van der Waals surface area contributed by atoms with Gasteiger partial charge in [-0.25, -0.2) is 4.79 Å². The Hall–Kier alpha value is -0.780. The Kier molecular flexibility index (Phi) is 4.48. The molecule has 0 spiro atoms. The average Bonchev–Trinajstić information content (AvgIpc) is 2.32. The first-order valence-corrected chi connectivity index (χ1v) is 6.97. The van der Waals surface area contributed by atoms with E-state index >= 15 is 0 Å². The van der Waals surface area contributed by atoms with Crippen molar-refractivity contribution in [3.8, 4) is 0 Å². The molecule has 0 aromatic heterocycles. The van der Waals surface area contributed by atoms with Gasteiger partial charge in [0.05, 0.1) is 10.7 Å². The minimum Gasteiger partial charge on any atom is -0.322 e. The molecule has 4 nitrogen and oxygen atoms in total. The summed E-state index contributed by atoms with van der Waals surface area (Å²) in [5.41, 5.74) is 0.635. The van der Waals surface area contributed by atoms with Crippen LogP contribution in [0.3, 0.4) is 0 Å². The quantitative estimate of drug-likeness (QED) is 0.830. The lowest BCUT2D eigenvalue weighted by Gasteiger charge is -2.31. The summed E-state index contributed by atoms with van der Waals surface area (Å²) in [7, 11) is 0. The van der Waals surface area contributed by atoms with Gasteiger partial charge in [0.1, 0.15) is 0 Å². The number of carbonyl (C=O) groups is 1. The van der Waals surface area contributed by atoms with Crippen LogP contribution in [0.2, 0.25) is 5.02 Å². The highest BCUT2D eigenvalue weighted by Crippen LogP contribution is 2.25. The number of benzene rings is 1. The molecule has 1 aliphatic heterocycles. The number of piperazine rings is 1. The molecule has 0 aliphatic carbocycles. The van der Waals surface area contributed by atoms with Crippen molar-refractivity contribution in [2.24, 2.45) is 0 Å². The molecule has 6 heteroatoms. The first kappa shape index (κ1) is 13.6. The molecule has 1 atom stereocenters. The van der Waals surface area contributed by atoms with Crippen molar-refractivity contribution < 1.29 is 4.79 Å². The van der Waals surface area contributed by atoms with Crippen molar-refractivity contribution in [1.29, 1.82) is 0 Å². The van der Waals surface area contributed by atoms with Crippen LogP contribution < -0.4 is 10.6 Å². The highest BCUT2D eigenvalue weighted by atomic mass is 79.9. The number of amides is 2. The Morgan fingerprint density at radius 3 is 3.06 bits per heavy atom. The van der Waals surface area contributed by atoms with Crippen molar-refractivity contribution >= 4 is 39.2 Å². The standard InChI is InChI=1S/C12H15BrClN3O/c1-8-7-17(5-4-15-8)12(18)16-11-3-2-9(13)6-10(11)14/h2-3,6,8,15H,4-5,7H2,1H3,(H,16,18)/t8-/m1/s1. The maximum atomic E-state index is 12.1. The molecule has 1 fully saturated rings. The maximum absolute atomic E-state index is 12.1. The minimum absolute atomic E-state index is 0.104. The smallest absolute Gasteiger partial charge is 0.321 e. The zero-order valence-electron chi connectivity index (χ0n) is 10.0. The van der Waals surface area contributed by atoms with Gasteiger partial charge in [0.15, 0.2) is 0 Å². The molecule has 2 amide bonds. The third kappa shape index (κ3) is 3.37. The summed E-state index contributed by atoms with van der Waals surface area (Å²) in [5, 5.41) is 6.66. The minimum atomic E-state index is -0.104. The molecule has 1 saturated heterocycles. The van der Waals surface area contributed by atoms with Crippen molar-refractivity contribution in [2.45, 2.75) is 13.0 Å². The van der Waals surface area contributed by atoms with E-state index < -0.39 is 0 Å². The number of anilines is 1. The third-order valence-electron chi connectivity index (χ3n) is 2.83. The Balaban J connectivity index is 2.02. The zero-order chi connectivity index (χ0) is 13.1. The molecule has 0 bridgehead atoms. The summed E-state index contributed by atoms with van der Waals surface area (Å²) in [6.07, 6.45) is 0. The number of carbonyl (C=O) groups excluding carboxylic acids is 1. The fourth-order valence-electron chi connectivity index (χ4n) is 1.90. The predicted molar refractivity (Wildman–Crippen MR) is 77.2 cm³/mol. The van der Waals surface area contributed by atoms with E-state index in [2.05, 4.69) is 33.5 Å². The Labute approximate surface area is 120 Å². The van der Waals surface area contributed by atoms with E-state index in [4.69, 9.17) is 11.6 Å². The molecule has 0 saturated carbocycles. The fourth-order valence-corrected chi connectivity index (χ4v) is 2.62. The van der Waals surface area contributed by atoms with Gasteiger partial charge in [0.25, 0.3) is 0 Å². The van der Waals surface area contributed by atoms with Gasteiger partial charge in [-0.1, -0.05) is 27.5 Å². The largest absolute Gasteiger partial charge is 0.322 e. The molecule has 1 heterocycles. The van der Waals surface area contributed by atoms with E-state index in [0.717, 1.165) is 11.0 Å². The van der Waals surface area contributed by atoms with Gasteiger partial charge in [-0.15, -0.1) is 0 Å². The van der Waals surface area contributed by atoms with Crippen molar-refractivity contribution in [3.63, 3.8) is 0 Å². The summed E-state index contributed by atoms with van der Waals surface area (Å²) < 4.78 is 0.890. The monoisotopic (exact) mass is 331 g/mol. The lowest BCUT2D eigenvalue weighted by Crippen LogP contribution is -2.52. The number of nitrogens with one attached hydrogen (secondary N) is 2. The second-order valence-corrected chi connectivity index (χ2v) is 5.68. The Morgan fingerprint density at radius 2 is 2.39 bits per heavy atom. The van der Waals surface area contributed by atoms with Crippen LogP contribution in [-0.4, -0.2) is 36.6 Å². The van der Waals surface area contributed by atoms with E-state index in [9.17, 15) is 4.79 Å². The van der Waals surface area contributed by atoms with Crippen LogP contribution in [0.5, 0.6) is 0 Å². The summed E-state index contributed by atoms with van der Waals surface area (Å²) >= 11 is 9.40. The van der Waals surface area contributed by atoms with Gasteiger partial charge in [-0.05, 0) is 25.1 Å². The molecule has 1 aliphatic rings. The van der Waals surface area contributed by atoms with Crippen molar-refractivity contribution in [2.75, 3.05) is 25.0 Å². The number of rotatable bonds is 1. The van der Waals surface area contributed by atoms with Crippen LogP contribution in [-0.2, 0) is 0 Å². The van der Waals surface area contributed by atoms with Gasteiger partial charge in [-0.2, -0.15) is 0 Å². The second-order valence-electron chi connectivity index (χ2n) is 4.36. The molecule has 0 radical (unpaired) electrons. The van der Waals surface area contributed by atoms with Crippen molar-refractivity contribution in [3.05, 3.63) is 27.7 Å². The lowest BCUT2D eigenvalue weighted by molar-refractivity contribution is 0.192. The van der Waals surface area contributed by atoms with Crippen LogP contribution in [0.25, 0.3) is 0 Å². The summed E-state index contributed by atoms with van der Waals surface area (Å²) in [4.78, 5) is 13.9. The van der Waals surface area contributed by atoms with Gasteiger partial charge in [-0.3, -0.25) is 0 Å². The number of hydrogen-bond acceptors (Lipinski definition) is 2. The number of hydrogen-bond donors (Lipinski definition) is 2. The molecular formula is C12H15BrClN3O. The van der Waals surface area contributed by atoms with Crippen LogP contribution in [0, 0.1) is 0 Å². The Morgan fingerprint density at radius 1 is 1.61 bits per heavy atom. The van der Waals surface area contributed by atoms with E-state index in [1.54, 1.807) is 17.0 Å². The topological polar surface area (TPSA) is 44.4 Å². The van der Waals surface area contributed by atoms with Crippen LogP contribution in [0.15, 0.2) is 22.7 Å². The van der Waals surface area contributed by atoms with E-state index in [1.807, 2.05) is 6.07 Å². The highest BCUT2D eigenvalue weighted by molar-refractivity contribution is 9.10. The zero-order valence-corrected chi connectivity index (χ0v) is 12.4. The molecule has 0 unspecified atom stereocenters. The molecular weight excluding hydrogens is 318 g/mol.